The molecule has 1 unspecified atom stereocenters. The van der Waals surface area contributed by atoms with Crippen molar-refractivity contribution in [3.05, 3.63) is 17.5 Å². The van der Waals surface area contributed by atoms with Crippen molar-refractivity contribution >= 4 is 16.1 Å². The average Bonchev–Trinajstić information content (AvgIpc) is 3.45. The highest BCUT2D eigenvalue weighted by molar-refractivity contribution is 7.86. The summed E-state index contributed by atoms with van der Waals surface area (Å²) in [5.41, 5.74) is 0.328. The first-order chi connectivity index (χ1) is 16.3. The van der Waals surface area contributed by atoms with Gasteiger partial charge in [0.2, 0.25) is 0 Å². The van der Waals surface area contributed by atoms with E-state index in [1.807, 2.05) is 0 Å². The molecule has 34 heavy (non-hydrogen) atoms. The standard InChI is InChI=1S/C24H39N5O4S/c1-16(2)7-10-25-18-8-11-28(12-9-18)34(31,32)29-20-5-6-21(29)14-19(13-20)26-24(30)22-15-23(33-27-22)17-3-4-17/h15-21,25H,3-14H2,1-2H3,(H,26,30)/t19?,20-,21+. The molecule has 2 N–H and O–H groups in total. The number of fused-ring (bicyclic) bond motifs is 2. The number of piperidine rings is 2. The van der Waals surface area contributed by atoms with Crippen LogP contribution < -0.4 is 10.6 Å². The molecule has 4 heterocycles. The molecular formula is C24H39N5O4S. The molecule has 190 valence electrons. The maximum atomic E-state index is 13.6. The molecule has 4 aliphatic rings. The Balaban J connectivity index is 1.14. The van der Waals surface area contributed by atoms with Crippen molar-refractivity contribution in [2.24, 2.45) is 5.92 Å². The smallest absolute Gasteiger partial charge is 0.282 e. The molecule has 0 aromatic carbocycles. The molecule has 1 saturated carbocycles. The van der Waals surface area contributed by atoms with Crippen LogP contribution in [0.15, 0.2) is 10.6 Å². The zero-order chi connectivity index (χ0) is 23.9. The predicted octanol–water partition coefficient (Wildman–Crippen LogP) is 2.62. The molecule has 3 atom stereocenters. The number of rotatable bonds is 9. The minimum atomic E-state index is -3.48. The van der Waals surface area contributed by atoms with Crippen LogP contribution in [0.4, 0.5) is 0 Å². The van der Waals surface area contributed by atoms with E-state index in [-0.39, 0.29) is 24.0 Å². The fourth-order valence-corrected chi connectivity index (χ4v) is 7.92. The van der Waals surface area contributed by atoms with Gasteiger partial charge in [-0.3, -0.25) is 4.79 Å². The fraction of sp³-hybridized carbons (Fsp3) is 0.833. The number of carbonyl (C=O) groups excluding carboxylic acids is 1. The van der Waals surface area contributed by atoms with Crippen LogP contribution in [0.3, 0.4) is 0 Å². The van der Waals surface area contributed by atoms with Crippen LogP contribution in [0.1, 0.15) is 93.8 Å². The number of amides is 1. The van der Waals surface area contributed by atoms with Crippen LogP contribution in [0.25, 0.3) is 0 Å². The minimum absolute atomic E-state index is 0.0339. The first-order valence-corrected chi connectivity index (χ1v) is 14.5. The van der Waals surface area contributed by atoms with E-state index < -0.39 is 10.2 Å². The Bertz CT molecular complexity index is 954. The number of aromatic nitrogens is 1. The molecular weight excluding hydrogens is 454 g/mol. The van der Waals surface area contributed by atoms with Crippen molar-refractivity contribution in [2.75, 3.05) is 19.6 Å². The lowest BCUT2D eigenvalue weighted by atomic mass is 9.99. The van der Waals surface area contributed by atoms with E-state index in [4.69, 9.17) is 4.52 Å². The Morgan fingerprint density at radius 1 is 1.09 bits per heavy atom. The Morgan fingerprint density at radius 3 is 2.38 bits per heavy atom. The van der Waals surface area contributed by atoms with Gasteiger partial charge in [0.1, 0.15) is 5.76 Å². The van der Waals surface area contributed by atoms with Crippen LogP contribution in [0, 0.1) is 5.92 Å². The number of carbonyl (C=O) groups is 1. The third-order valence-electron chi connectivity index (χ3n) is 7.94. The van der Waals surface area contributed by atoms with Crippen molar-refractivity contribution in [3.8, 4) is 0 Å². The molecule has 4 fully saturated rings. The highest BCUT2D eigenvalue weighted by atomic mass is 32.2. The molecule has 0 radical (unpaired) electrons. The van der Waals surface area contributed by atoms with Crippen molar-refractivity contribution in [1.82, 2.24) is 24.4 Å². The largest absolute Gasteiger partial charge is 0.360 e. The first-order valence-electron chi connectivity index (χ1n) is 13.1. The highest BCUT2D eigenvalue weighted by Crippen LogP contribution is 2.41. The van der Waals surface area contributed by atoms with E-state index in [0.29, 0.717) is 49.5 Å². The van der Waals surface area contributed by atoms with E-state index in [2.05, 4.69) is 29.6 Å². The lowest BCUT2D eigenvalue weighted by Gasteiger charge is -2.42. The fourth-order valence-electron chi connectivity index (χ4n) is 5.84. The van der Waals surface area contributed by atoms with Crippen LogP contribution in [-0.4, -0.2) is 71.9 Å². The Morgan fingerprint density at radius 2 is 1.76 bits per heavy atom. The molecule has 9 nitrogen and oxygen atoms in total. The topological polar surface area (TPSA) is 108 Å². The summed E-state index contributed by atoms with van der Waals surface area (Å²) in [6, 6.07) is 2.03. The van der Waals surface area contributed by atoms with Gasteiger partial charge in [-0.2, -0.15) is 17.0 Å². The Labute approximate surface area is 203 Å². The molecule has 2 bridgehead atoms. The van der Waals surface area contributed by atoms with Crippen molar-refractivity contribution in [2.45, 2.75) is 102 Å². The first kappa shape index (κ1) is 24.2. The van der Waals surface area contributed by atoms with Gasteiger partial charge in [0.15, 0.2) is 5.69 Å². The molecule has 1 aromatic heterocycles. The molecule has 0 spiro atoms. The van der Waals surface area contributed by atoms with Gasteiger partial charge < -0.3 is 15.2 Å². The SMILES string of the molecule is CC(C)CCNC1CCN(S(=O)(=O)N2[C@@H]3CC[C@H]2CC(NC(=O)c2cc(C4CC4)on2)C3)CC1. The quantitative estimate of drug-likeness (QED) is 0.548. The molecule has 10 heteroatoms. The van der Waals surface area contributed by atoms with E-state index >= 15 is 0 Å². The van der Waals surface area contributed by atoms with Gasteiger partial charge in [-0.05, 0) is 70.3 Å². The molecule has 3 saturated heterocycles. The summed E-state index contributed by atoms with van der Waals surface area (Å²) < 4.78 is 35.9. The zero-order valence-electron chi connectivity index (χ0n) is 20.4. The lowest BCUT2D eigenvalue weighted by molar-refractivity contribution is 0.0897. The number of hydrogen-bond acceptors (Lipinski definition) is 6. The van der Waals surface area contributed by atoms with Crippen molar-refractivity contribution in [1.29, 1.82) is 0 Å². The molecule has 1 aliphatic carbocycles. The van der Waals surface area contributed by atoms with Gasteiger partial charge in [0.25, 0.3) is 16.1 Å². The van der Waals surface area contributed by atoms with Crippen LogP contribution >= 0.6 is 0 Å². The molecule has 3 aliphatic heterocycles. The Kier molecular flexibility index (Phi) is 7.03. The van der Waals surface area contributed by atoms with Crippen LogP contribution in [0.2, 0.25) is 0 Å². The summed E-state index contributed by atoms with van der Waals surface area (Å²) in [7, 11) is -3.48. The predicted molar refractivity (Wildman–Crippen MR) is 129 cm³/mol. The van der Waals surface area contributed by atoms with Crippen molar-refractivity contribution in [3.63, 3.8) is 0 Å². The normalized spacial score (nSPS) is 29.1. The third-order valence-corrected chi connectivity index (χ3v) is 10.1. The lowest BCUT2D eigenvalue weighted by Crippen LogP contribution is -2.57. The second-order valence-corrected chi connectivity index (χ2v) is 12.9. The number of nitrogens with zero attached hydrogens (tertiary/aromatic N) is 3. The second-order valence-electron chi connectivity index (χ2n) is 11.1. The Hall–Kier alpha value is -1.49. The summed E-state index contributed by atoms with van der Waals surface area (Å²) in [4.78, 5) is 12.7. The van der Waals surface area contributed by atoms with Gasteiger partial charge in [-0.1, -0.05) is 19.0 Å². The monoisotopic (exact) mass is 493 g/mol. The van der Waals surface area contributed by atoms with Gasteiger partial charge in [0, 0.05) is 49.2 Å². The molecule has 1 amide bonds. The van der Waals surface area contributed by atoms with E-state index in [1.54, 1.807) is 14.7 Å². The third kappa shape index (κ3) is 5.20. The van der Waals surface area contributed by atoms with Gasteiger partial charge in [-0.15, -0.1) is 0 Å². The van der Waals surface area contributed by atoms with Gasteiger partial charge in [-0.25, -0.2) is 0 Å². The summed E-state index contributed by atoms with van der Waals surface area (Å²) in [5, 5.41) is 10.6. The van der Waals surface area contributed by atoms with Crippen LogP contribution in [0.5, 0.6) is 0 Å². The zero-order valence-corrected chi connectivity index (χ0v) is 21.2. The second kappa shape index (κ2) is 9.87. The summed E-state index contributed by atoms with van der Waals surface area (Å²) in [5.74, 6) is 1.67. The summed E-state index contributed by atoms with van der Waals surface area (Å²) >= 11 is 0. The average molecular weight is 494 g/mol. The van der Waals surface area contributed by atoms with Crippen LogP contribution in [-0.2, 0) is 10.2 Å². The highest BCUT2D eigenvalue weighted by Gasteiger charge is 2.49. The summed E-state index contributed by atoms with van der Waals surface area (Å²) in [6.45, 7) is 6.59. The van der Waals surface area contributed by atoms with E-state index in [9.17, 15) is 13.2 Å². The van der Waals surface area contributed by atoms with E-state index in [1.165, 1.54) is 0 Å². The van der Waals surface area contributed by atoms with E-state index in [0.717, 1.165) is 57.3 Å². The minimum Gasteiger partial charge on any atom is -0.360 e. The molecule has 5 rings (SSSR count). The van der Waals surface area contributed by atoms with Gasteiger partial charge in [0.05, 0.1) is 0 Å². The van der Waals surface area contributed by atoms with Gasteiger partial charge >= 0.3 is 0 Å². The maximum Gasteiger partial charge on any atom is 0.282 e. The number of nitrogens with one attached hydrogen (secondary N) is 2. The summed E-state index contributed by atoms with van der Waals surface area (Å²) in [6.07, 6.45) is 8.09. The van der Waals surface area contributed by atoms with Crippen molar-refractivity contribution < 1.29 is 17.7 Å². The maximum absolute atomic E-state index is 13.6. The molecule has 1 aromatic rings. The number of hydrogen-bond donors (Lipinski definition) is 2.